The SMILES string of the molecule is CN(C)c1ccc(C=CC(=O)NS(=O)(=O)c2ccccc2)cc1. The van der Waals surface area contributed by atoms with Gasteiger partial charge in [-0.3, -0.25) is 4.79 Å². The van der Waals surface area contributed by atoms with Crippen LogP contribution in [0.15, 0.2) is 65.6 Å². The third-order valence-electron chi connectivity index (χ3n) is 3.13. The van der Waals surface area contributed by atoms with Crippen molar-refractivity contribution in [1.29, 1.82) is 0 Å². The highest BCUT2D eigenvalue weighted by Crippen LogP contribution is 2.13. The van der Waals surface area contributed by atoms with Gasteiger partial charge in [0.2, 0.25) is 0 Å². The molecule has 0 bridgehead atoms. The molecule has 2 aromatic rings. The van der Waals surface area contributed by atoms with Gasteiger partial charge in [-0.1, -0.05) is 30.3 Å². The van der Waals surface area contributed by atoms with E-state index in [1.165, 1.54) is 18.2 Å². The number of hydrogen-bond donors (Lipinski definition) is 1. The number of nitrogens with zero attached hydrogens (tertiary/aromatic N) is 1. The van der Waals surface area contributed by atoms with Gasteiger partial charge in [0.1, 0.15) is 0 Å². The molecule has 0 aromatic heterocycles. The second kappa shape index (κ2) is 7.11. The molecular formula is C17H18N2O3S. The molecule has 2 aromatic carbocycles. The zero-order chi connectivity index (χ0) is 16.9. The van der Waals surface area contributed by atoms with Gasteiger partial charge in [-0.05, 0) is 35.9 Å². The third-order valence-corrected chi connectivity index (χ3v) is 4.49. The number of nitrogens with one attached hydrogen (secondary N) is 1. The van der Waals surface area contributed by atoms with Crippen molar-refractivity contribution >= 4 is 27.7 Å². The molecule has 1 amide bonds. The first-order valence-corrected chi connectivity index (χ1v) is 8.44. The Labute approximate surface area is 136 Å². The van der Waals surface area contributed by atoms with Crippen LogP contribution in [0.3, 0.4) is 0 Å². The van der Waals surface area contributed by atoms with Crippen molar-refractivity contribution in [3.8, 4) is 0 Å². The summed E-state index contributed by atoms with van der Waals surface area (Å²) in [6, 6.07) is 15.3. The normalized spacial score (nSPS) is 11.4. The van der Waals surface area contributed by atoms with E-state index in [2.05, 4.69) is 0 Å². The maximum Gasteiger partial charge on any atom is 0.264 e. The Kier molecular flexibility index (Phi) is 5.18. The van der Waals surface area contributed by atoms with E-state index in [1.807, 2.05) is 48.0 Å². The highest BCUT2D eigenvalue weighted by Gasteiger charge is 2.15. The number of anilines is 1. The number of carbonyl (C=O) groups is 1. The fourth-order valence-corrected chi connectivity index (χ4v) is 2.85. The lowest BCUT2D eigenvalue weighted by Gasteiger charge is -2.11. The van der Waals surface area contributed by atoms with Gasteiger partial charge in [-0.15, -0.1) is 0 Å². The monoisotopic (exact) mass is 330 g/mol. The van der Waals surface area contributed by atoms with E-state index < -0.39 is 15.9 Å². The molecule has 0 atom stereocenters. The van der Waals surface area contributed by atoms with Crippen molar-refractivity contribution < 1.29 is 13.2 Å². The zero-order valence-electron chi connectivity index (χ0n) is 12.9. The standard InChI is InChI=1S/C17H18N2O3S/c1-19(2)15-11-8-14(9-12-15)10-13-17(20)18-23(21,22)16-6-4-3-5-7-16/h3-13H,1-2H3,(H,18,20). The topological polar surface area (TPSA) is 66.5 Å². The van der Waals surface area contributed by atoms with Crippen LogP contribution >= 0.6 is 0 Å². The minimum absolute atomic E-state index is 0.0529. The number of carbonyl (C=O) groups excluding carboxylic acids is 1. The minimum atomic E-state index is -3.84. The van der Waals surface area contributed by atoms with Gasteiger partial charge in [0.05, 0.1) is 4.90 Å². The van der Waals surface area contributed by atoms with Crippen LogP contribution < -0.4 is 9.62 Å². The summed E-state index contributed by atoms with van der Waals surface area (Å²) in [6.07, 6.45) is 2.76. The van der Waals surface area contributed by atoms with Gasteiger partial charge in [-0.2, -0.15) is 0 Å². The molecule has 0 spiro atoms. The smallest absolute Gasteiger partial charge is 0.264 e. The molecule has 0 aliphatic heterocycles. The predicted molar refractivity (Wildman–Crippen MR) is 91.6 cm³/mol. The predicted octanol–water partition coefficient (Wildman–Crippen LogP) is 2.27. The molecule has 0 saturated heterocycles. The summed E-state index contributed by atoms with van der Waals surface area (Å²) >= 11 is 0. The molecule has 0 heterocycles. The van der Waals surface area contributed by atoms with Gasteiger partial charge in [0.15, 0.2) is 0 Å². The zero-order valence-corrected chi connectivity index (χ0v) is 13.7. The van der Waals surface area contributed by atoms with E-state index >= 15 is 0 Å². The number of amides is 1. The lowest BCUT2D eigenvalue weighted by molar-refractivity contribution is -0.114. The molecule has 1 N–H and O–H groups in total. The average molecular weight is 330 g/mol. The molecule has 0 radical (unpaired) electrons. The second-order valence-electron chi connectivity index (χ2n) is 5.10. The Balaban J connectivity index is 2.04. The lowest BCUT2D eigenvalue weighted by atomic mass is 10.2. The highest BCUT2D eigenvalue weighted by molar-refractivity contribution is 7.90. The van der Waals surface area contributed by atoms with E-state index in [-0.39, 0.29) is 4.90 Å². The molecule has 23 heavy (non-hydrogen) atoms. The Morgan fingerprint density at radius 2 is 1.61 bits per heavy atom. The molecule has 0 saturated carbocycles. The first kappa shape index (κ1) is 16.8. The maximum atomic E-state index is 12.0. The third kappa shape index (κ3) is 4.69. The molecule has 5 nitrogen and oxygen atoms in total. The number of sulfonamides is 1. The summed E-state index contributed by atoms with van der Waals surface area (Å²) < 4.78 is 26.0. The molecular weight excluding hydrogens is 312 g/mol. The molecule has 120 valence electrons. The van der Waals surface area contributed by atoms with Crippen LogP contribution in [0.1, 0.15) is 5.56 Å². The molecule has 0 fully saturated rings. The summed E-state index contributed by atoms with van der Waals surface area (Å²) in [7, 11) is 0.0352. The summed E-state index contributed by atoms with van der Waals surface area (Å²) in [6.45, 7) is 0. The first-order valence-electron chi connectivity index (χ1n) is 6.96. The fourth-order valence-electron chi connectivity index (χ4n) is 1.88. The van der Waals surface area contributed by atoms with Crippen molar-refractivity contribution in [2.75, 3.05) is 19.0 Å². The van der Waals surface area contributed by atoms with Crippen molar-refractivity contribution in [3.05, 3.63) is 66.2 Å². The van der Waals surface area contributed by atoms with Crippen LogP contribution in [-0.4, -0.2) is 28.4 Å². The summed E-state index contributed by atoms with van der Waals surface area (Å²) in [5, 5.41) is 0. The Bertz CT molecular complexity index is 795. The van der Waals surface area contributed by atoms with Crippen molar-refractivity contribution in [3.63, 3.8) is 0 Å². The van der Waals surface area contributed by atoms with Crippen LogP contribution in [0.4, 0.5) is 5.69 Å². The summed E-state index contributed by atoms with van der Waals surface area (Å²) in [5.41, 5.74) is 1.85. The lowest BCUT2D eigenvalue weighted by Crippen LogP contribution is -2.28. The number of hydrogen-bond acceptors (Lipinski definition) is 4. The van der Waals surface area contributed by atoms with Crippen LogP contribution in [0.5, 0.6) is 0 Å². The second-order valence-corrected chi connectivity index (χ2v) is 6.78. The molecule has 6 heteroatoms. The van der Waals surface area contributed by atoms with Gasteiger partial charge in [0, 0.05) is 25.9 Å². The van der Waals surface area contributed by atoms with E-state index in [0.717, 1.165) is 11.3 Å². The molecule has 2 rings (SSSR count). The van der Waals surface area contributed by atoms with Crippen molar-refractivity contribution in [2.24, 2.45) is 0 Å². The highest BCUT2D eigenvalue weighted by atomic mass is 32.2. The van der Waals surface area contributed by atoms with Crippen LogP contribution in [0.25, 0.3) is 6.08 Å². The van der Waals surface area contributed by atoms with Crippen molar-refractivity contribution in [1.82, 2.24) is 4.72 Å². The summed E-state index contributed by atoms with van der Waals surface area (Å²) in [5.74, 6) is -0.689. The molecule has 0 unspecified atom stereocenters. The van der Waals surface area contributed by atoms with E-state index in [9.17, 15) is 13.2 Å². The largest absolute Gasteiger partial charge is 0.378 e. The number of benzene rings is 2. The van der Waals surface area contributed by atoms with Crippen molar-refractivity contribution in [2.45, 2.75) is 4.90 Å². The Morgan fingerprint density at radius 3 is 2.17 bits per heavy atom. The van der Waals surface area contributed by atoms with Crippen LogP contribution in [0, 0.1) is 0 Å². The minimum Gasteiger partial charge on any atom is -0.378 e. The fraction of sp³-hybridized carbons (Fsp3) is 0.118. The number of rotatable bonds is 5. The quantitative estimate of drug-likeness (QED) is 0.854. The van der Waals surface area contributed by atoms with E-state index in [4.69, 9.17) is 0 Å². The summed E-state index contributed by atoms with van der Waals surface area (Å²) in [4.78, 5) is 13.8. The Hall–Kier alpha value is -2.60. The molecule has 0 aliphatic carbocycles. The van der Waals surface area contributed by atoms with Crippen LogP contribution in [-0.2, 0) is 14.8 Å². The van der Waals surface area contributed by atoms with Gasteiger partial charge < -0.3 is 4.90 Å². The Morgan fingerprint density at radius 1 is 1.00 bits per heavy atom. The van der Waals surface area contributed by atoms with Gasteiger partial charge >= 0.3 is 0 Å². The maximum absolute atomic E-state index is 12.0. The molecule has 0 aliphatic rings. The van der Waals surface area contributed by atoms with Gasteiger partial charge in [-0.25, -0.2) is 13.1 Å². The first-order chi connectivity index (χ1) is 10.9. The van der Waals surface area contributed by atoms with Crippen LogP contribution in [0.2, 0.25) is 0 Å². The average Bonchev–Trinajstić information content (AvgIpc) is 2.54. The van der Waals surface area contributed by atoms with Gasteiger partial charge in [0.25, 0.3) is 15.9 Å². The van der Waals surface area contributed by atoms with E-state index in [0.29, 0.717) is 0 Å². The van der Waals surface area contributed by atoms with E-state index in [1.54, 1.807) is 24.3 Å².